The molecule has 2 aromatic heterocycles. The molecule has 0 aliphatic heterocycles. The van der Waals surface area contributed by atoms with Gasteiger partial charge in [0.1, 0.15) is 0 Å². The van der Waals surface area contributed by atoms with Crippen molar-refractivity contribution in [2.45, 2.75) is 21.0 Å². The molecular weight excluding hydrogens is 388 g/mol. The second-order valence-electron chi connectivity index (χ2n) is 5.05. The molecule has 0 atom stereocenters. The molecule has 0 bridgehead atoms. The van der Waals surface area contributed by atoms with Crippen molar-refractivity contribution in [1.29, 1.82) is 0 Å². The van der Waals surface area contributed by atoms with Gasteiger partial charge in [0.25, 0.3) is 0 Å². The molecule has 25 heavy (non-hydrogen) atoms. The van der Waals surface area contributed by atoms with Crippen LogP contribution in [0.2, 0.25) is 0 Å². The third-order valence-corrected chi connectivity index (χ3v) is 4.84. The first-order chi connectivity index (χ1) is 11.5. The van der Waals surface area contributed by atoms with Gasteiger partial charge in [-0.1, -0.05) is 6.07 Å². The molecule has 0 amide bonds. The standard InChI is InChI=1S/C15H9F6NOS2/c1-22-7-12(24-14(16,17)18)10-6-8(2-3-11(10)22)9-4-5-23-13(9)25-15(19,20)21/h2-7H,1H3. The molecule has 134 valence electrons. The van der Waals surface area contributed by atoms with Gasteiger partial charge in [0, 0.05) is 46.4 Å². The highest BCUT2D eigenvalue weighted by Gasteiger charge is 2.33. The second kappa shape index (κ2) is 6.24. The van der Waals surface area contributed by atoms with Gasteiger partial charge in [0.15, 0.2) is 5.09 Å². The molecule has 3 rings (SSSR count). The molecule has 2 nitrogen and oxygen atoms in total. The number of benzene rings is 1. The van der Waals surface area contributed by atoms with Gasteiger partial charge in [-0.05, 0) is 35.5 Å². The molecule has 0 unspecified atom stereocenters. The van der Waals surface area contributed by atoms with Gasteiger partial charge in [0.2, 0.25) is 0 Å². The molecule has 0 radical (unpaired) electrons. The van der Waals surface area contributed by atoms with Crippen LogP contribution in [-0.2, 0) is 7.05 Å². The fraction of sp³-hybridized carbons (Fsp3) is 0.200. The quantitative estimate of drug-likeness (QED) is 0.364. The summed E-state index contributed by atoms with van der Waals surface area (Å²) in [5, 5.41) is -0.0423. The number of hydrogen-bond acceptors (Lipinski definition) is 3. The van der Waals surface area contributed by atoms with Gasteiger partial charge in [0.05, 0.1) is 6.26 Å². The van der Waals surface area contributed by atoms with Crippen molar-refractivity contribution in [2.24, 2.45) is 7.05 Å². The fourth-order valence-electron chi connectivity index (χ4n) is 2.42. The number of fused-ring (bicyclic) bond motifs is 1. The Hall–Kier alpha value is -1.68. The van der Waals surface area contributed by atoms with E-state index in [-0.39, 0.29) is 27.3 Å². The summed E-state index contributed by atoms with van der Waals surface area (Å²) in [5.74, 6) is 0. The van der Waals surface area contributed by atoms with E-state index in [0.717, 1.165) is 6.26 Å². The molecule has 0 saturated carbocycles. The van der Waals surface area contributed by atoms with Crippen molar-refractivity contribution in [3.63, 3.8) is 0 Å². The van der Waals surface area contributed by atoms with Crippen LogP contribution in [0.5, 0.6) is 0 Å². The van der Waals surface area contributed by atoms with Crippen molar-refractivity contribution < 1.29 is 30.8 Å². The van der Waals surface area contributed by atoms with E-state index in [1.54, 1.807) is 19.2 Å². The number of nitrogens with zero attached hydrogens (tertiary/aromatic N) is 1. The van der Waals surface area contributed by atoms with Gasteiger partial charge in [-0.15, -0.1) is 0 Å². The first-order valence-electron chi connectivity index (χ1n) is 6.72. The van der Waals surface area contributed by atoms with Crippen LogP contribution < -0.4 is 0 Å². The second-order valence-corrected chi connectivity index (χ2v) is 7.20. The Kier molecular flexibility index (Phi) is 4.52. The molecule has 1 aromatic carbocycles. The number of thioether (sulfide) groups is 2. The summed E-state index contributed by atoms with van der Waals surface area (Å²) in [4.78, 5) is -0.0135. The minimum atomic E-state index is -4.53. The maximum atomic E-state index is 12.7. The van der Waals surface area contributed by atoms with E-state index in [1.165, 1.54) is 22.9 Å². The number of furan rings is 1. The molecule has 0 aliphatic carbocycles. The predicted octanol–water partition coefficient (Wildman–Crippen LogP) is 6.66. The lowest BCUT2D eigenvalue weighted by Crippen LogP contribution is -1.99. The normalized spacial score (nSPS) is 12.9. The highest BCUT2D eigenvalue weighted by atomic mass is 32.2. The highest BCUT2D eigenvalue weighted by molar-refractivity contribution is 8.00. The van der Waals surface area contributed by atoms with E-state index in [2.05, 4.69) is 0 Å². The van der Waals surface area contributed by atoms with Gasteiger partial charge in [-0.3, -0.25) is 0 Å². The zero-order valence-electron chi connectivity index (χ0n) is 12.4. The maximum absolute atomic E-state index is 12.7. The van der Waals surface area contributed by atoms with Crippen LogP contribution in [0.15, 0.2) is 51.1 Å². The Morgan fingerprint density at radius 2 is 1.64 bits per heavy atom. The summed E-state index contributed by atoms with van der Waals surface area (Å²) in [6.45, 7) is 0. The molecule has 10 heteroatoms. The van der Waals surface area contributed by atoms with E-state index in [4.69, 9.17) is 4.42 Å². The summed E-state index contributed by atoms with van der Waals surface area (Å²) in [6.07, 6.45) is 2.46. The van der Waals surface area contributed by atoms with Crippen LogP contribution in [0, 0.1) is 0 Å². The Balaban J connectivity index is 2.07. The van der Waals surface area contributed by atoms with Crippen molar-refractivity contribution in [3.05, 3.63) is 36.7 Å². The van der Waals surface area contributed by atoms with Gasteiger partial charge in [-0.25, -0.2) is 0 Å². The van der Waals surface area contributed by atoms with Crippen LogP contribution >= 0.6 is 23.5 Å². The molecule has 3 aromatic rings. The monoisotopic (exact) mass is 397 g/mol. The number of hydrogen-bond donors (Lipinski definition) is 0. The third-order valence-electron chi connectivity index (χ3n) is 3.33. The predicted molar refractivity (Wildman–Crippen MR) is 84.4 cm³/mol. The maximum Gasteiger partial charge on any atom is 0.449 e. The summed E-state index contributed by atoms with van der Waals surface area (Å²) >= 11 is -0.662. The number of alkyl halides is 6. The lowest BCUT2D eigenvalue weighted by molar-refractivity contribution is -0.0341. The summed E-state index contributed by atoms with van der Waals surface area (Å²) < 4.78 is 82.3. The van der Waals surface area contributed by atoms with Crippen LogP contribution in [0.1, 0.15) is 0 Å². The van der Waals surface area contributed by atoms with Crippen LogP contribution in [0.4, 0.5) is 26.3 Å². The lowest BCUT2D eigenvalue weighted by atomic mass is 10.1. The molecule has 0 N–H and O–H groups in total. The molecule has 0 spiro atoms. The van der Waals surface area contributed by atoms with Crippen molar-refractivity contribution in [1.82, 2.24) is 4.57 Å². The average Bonchev–Trinajstić information content (AvgIpc) is 3.01. The fourth-order valence-corrected chi connectivity index (χ4v) is 3.77. The zero-order valence-corrected chi connectivity index (χ0v) is 14.0. The van der Waals surface area contributed by atoms with E-state index in [0.29, 0.717) is 16.5 Å². The van der Waals surface area contributed by atoms with E-state index >= 15 is 0 Å². The summed E-state index contributed by atoms with van der Waals surface area (Å²) in [5.41, 5.74) is -7.92. The summed E-state index contributed by atoms with van der Waals surface area (Å²) in [6, 6.07) is 5.92. The first-order valence-corrected chi connectivity index (χ1v) is 8.35. The minimum Gasteiger partial charge on any atom is -0.457 e. The third kappa shape index (κ3) is 4.12. The van der Waals surface area contributed by atoms with Crippen LogP contribution in [-0.4, -0.2) is 15.6 Å². The smallest absolute Gasteiger partial charge is 0.449 e. The molecule has 0 aliphatic rings. The molecule has 0 saturated heterocycles. The van der Waals surface area contributed by atoms with E-state index < -0.39 is 22.8 Å². The number of aromatic nitrogens is 1. The lowest BCUT2D eigenvalue weighted by Gasteiger charge is -2.07. The number of aryl methyl sites for hydroxylation is 1. The average molecular weight is 397 g/mol. The van der Waals surface area contributed by atoms with E-state index in [9.17, 15) is 26.3 Å². The van der Waals surface area contributed by atoms with Gasteiger partial charge >= 0.3 is 11.0 Å². The first kappa shape index (κ1) is 18.1. The molecular formula is C15H9F6NOS2. The van der Waals surface area contributed by atoms with Gasteiger partial charge < -0.3 is 8.98 Å². The Labute approximate surface area is 146 Å². The van der Waals surface area contributed by atoms with Crippen LogP contribution in [0.3, 0.4) is 0 Å². The van der Waals surface area contributed by atoms with E-state index in [1.807, 2.05) is 0 Å². The largest absolute Gasteiger partial charge is 0.457 e. The number of halogens is 6. The van der Waals surface area contributed by atoms with Crippen LogP contribution in [0.25, 0.3) is 22.0 Å². The highest BCUT2D eigenvalue weighted by Crippen LogP contribution is 2.45. The Morgan fingerprint density at radius 1 is 0.960 bits per heavy atom. The molecule has 0 fully saturated rings. The molecule has 2 heterocycles. The van der Waals surface area contributed by atoms with Gasteiger partial charge in [-0.2, -0.15) is 26.3 Å². The topological polar surface area (TPSA) is 18.1 Å². The Morgan fingerprint density at radius 3 is 2.28 bits per heavy atom. The summed E-state index contributed by atoms with van der Waals surface area (Å²) in [7, 11) is 1.60. The van der Waals surface area contributed by atoms with Crippen molar-refractivity contribution in [2.75, 3.05) is 0 Å². The zero-order chi connectivity index (χ0) is 18.4. The Bertz CT molecular complexity index is 909. The van der Waals surface area contributed by atoms with Crippen molar-refractivity contribution in [3.8, 4) is 11.1 Å². The SMILES string of the molecule is Cn1cc(SC(F)(F)F)c2cc(-c3ccoc3SC(F)(F)F)ccc21. The number of rotatable bonds is 3. The van der Waals surface area contributed by atoms with Crippen molar-refractivity contribution >= 4 is 34.4 Å². The minimum absolute atomic E-state index is 0.0135.